The maximum Gasteiger partial charge on any atom is 0.124 e. The van der Waals surface area contributed by atoms with Gasteiger partial charge in [-0.25, -0.2) is 0 Å². The number of rotatable bonds is 7. The molecule has 0 aromatic heterocycles. The second-order valence-electron chi connectivity index (χ2n) is 5.83. The van der Waals surface area contributed by atoms with Crippen molar-refractivity contribution in [3.8, 4) is 5.75 Å². The molecule has 0 radical (unpaired) electrons. The van der Waals surface area contributed by atoms with Crippen molar-refractivity contribution in [2.45, 2.75) is 19.7 Å². The van der Waals surface area contributed by atoms with E-state index in [1.54, 1.807) is 6.07 Å². The maximum atomic E-state index is 6.21. The molecule has 0 aliphatic heterocycles. The third-order valence-corrected chi connectivity index (χ3v) is 4.92. The molecule has 0 heterocycles. The minimum Gasteiger partial charge on any atom is -0.489 e. The molecule has 0 bridgehead atoms. The quantitative estimate of drug-likeness (QED) is 0.427. The summed E-state index contributed by atoms with van der Waals surface area (Å²) in [4.78, 5) is 0. The highest BCUT2D eigenvalue weighted by Gasteiger charge is 2.07. The lowest BCUT2D eigenvalue weighted by atomic mass is 10.1. The summed E-state index contributed by atoms with van der Waals surface area (Å²) in [7, 11) is 0. The Bertz CT molecular complexity index is 886. The van der Waals surface area contributed by atoms with Gasteiger partial charge in [0, 0.05) is 39.3 Å². The second-order valence-corrected chi connectivity index (χ2v) is 7.08. The molecule has 0 fully saturated rings. The van der Waals surface area contributed by atoms with E-state index in [9.17, 15) is 0 Å². The molecule has 0 saturated carbocycles. The van der Waals surface area contributed by atoms with Crippen molar-refractivity contribution in [2.24, 2.45) is 0 Å². The van der Waals surface area contributed by atoms with Crippen molar-refractivity contribution in [3.05, 3.63) is 98.5 Å². The molecule has 6 heteroatoms. The number of nitrogens with one attached hydrogen (secondary N) is 1. The summed E-state index contributed by atoms with van der Waals surface area (Å²) in [6, 6.07) is 21.2. The zero-order valence-corrected chi connectivity index (χ0v) is 17.5. The molecule has 2 nitrogen and oxygen atoms in total. The summed E-state index contributed by atoms with van der Waals surface area (Å²) >= 11 is 18.3. The van der Waals surface area contributed by atoms with E-state index in [1.807, 2.05) is 60.7 Å². The van der Waals surface area contributed by atoms with E-state index in [4.69, 9.17) is 39.5 Å². The van der Waals surface area contributed by atoms with Gasteiger partial charge in [0.15, 0.2) is 0 Å². The van der Waals surface area contributed by atoms with E-state index < -0.39 is 0 Å². The molecule has 0 saturated heterocycles. The molecular weight excluding hydrogens is 424 g/mol. The van der Waals surface area contributed by atoms with E-state index in [-0.39, 0.29) is 12.4 Å². The number of hydrogen-bond donors (Lipinski definition) is 1. The average molecular weight is 443 g/mol. The number of benzene rings is 3. The Morgan fingerprint density at radius 1 is 0.704 bits per heavy atom. The highest BCUT2D eigenvalue weighted by molar-refractivity contribution is 6.35. The van der Waals surface area contributed by atoms with Crippen molar-refractivity contribution in [1.82, 2.24) is 5.32 Å². The summed E-state index contributed by atoms with van der Waals surface area (Å²) < 4.78 is 5.98. The molecule has 1 N–H and O–H groups in total. The Hall–Kier alpha value is -1.42. The molecule has 3 aromatic rings. The molecule has 0 unspecified atom stereocenters. The Kier molecular flexibility index (Phi) is 8.75. The average Bonchev–Trinajstić information content (AvgIpc) is 2.63. The zero-order valence-electron chi connectivity index (χ0n) is 14.4. The van der Waals surface area contributed by atoms with Crippen LogP contribution < -0.4 is 10.1 Å². The molecule has 0 amide bonds. The number of halogens is 4. The van der Waals surface area contributed by atoms with E-state index in [0.717, 1.165) is 27.5 Å². The summed E-state index contributed by atoms with van der Waals surface area (Å²) in [5, 5.41) is 5.39. The lowest BCUT2D eigenvalue weighted by molar-refractivity contribution is 0.302. The third kappa shape index (κ3) is 6.31. The number of para-hydroxylation sites is 1. The zero-order chi connectivity index (χ0) is 18.4. The normalized spacial score (nSPS) is 10.3. The van der Waals surface area contributed by atoms with Crippen LogP contribution in [-0.4, -0.2) is 0 Å². The summed E-state index contributed by atoms with van der Waals surface area (Å²) in [5.41, 5.74) is 3.04. The van der Waals surface area contributed by atoms with Crippen molar-refractivity contribution >= 4 is 47.2 Å². The van der Waals surface area contributed by atoms with Gasteiger partial charge in [0.05, 0.1) is 0 Å². The number of ether oxygens (including phenoxy) is 1. The van der Waals surface area contributed by atoms with Crippen LogP contribution in [0.15, 0.2) is 66.7 Å². The van der Waals surface area contributed by atoms with Crippen LogP contribution in [0.2, 0.25) is 15.1 Å². The van der Waals surface area contributed by atoms with Gasteiger partial charge in [-0.1, -0.05) is 77.3 Å². The lowest BCUT2D eigenvalue weighted by Crippen LogP contribution is -2.14. The fourth-order valence-corrected chi connectivity index (χ4v) is 3.22. The van der Waals surface area contributed by atoms with E-state index in [1.165, 1.54) is 0 Å². The maximum absolute atomic E-state index is 6.21. The largest absolute Gasteiger partial charge is 0.489 e. The monoisotopic (exact) mass is 441 g/mol. The van der Waals surface area contributed by atoms with Crippen molar-refractivity contribution in [2.75, 3.05) is 0 Å². The summed E-state index contributed by atoms with van der Waals surface area (Å²) in [6.45, 7) is 1.75. The van der Waals surface area contributed by atoms with Gasteiger partial charge in [-0.05, 0) is 29.8 Å². The van der Waals surface area contributed by atoms with Gasteiger partial charge in [0.1, 0.15) is 12.4 Å². The highest BCUT2D eigenvalue weighted by atomic mass is 35.5. The van der Waals surface area contributed by atoms with Crippen LogP contribution in [0.25, 0.3) is 0 Å². The first-order valence-corrected chi connectivity index (χ1v) is 9.35. The second kappa shape index (κ2) is 10.8. The molecule has 27 heavy (non-hydrogen) atoms. The molecule has 0 aliphatic carbocycles. The molecular formula is C21H19Cl4NO. The molecule has 0 atom stereocenters. The fourth-order valence-electron chi connectivity index (χ4n) is 2.56. The Morgan fingerprint density at radius 2 is 1.37 bits per heavy atom. The van der Waals surface area contributed by atoms with Crippen LogP contribution in [0.3, 0.4) is 0 Å². The highest BCUT2D eigenvalue weighted by Crippen LogP contribution is 2.24. The van der Waals surface area contributed by atoms with Gasteiger partial charge in [-0.2, -0.15) is 0 Å². The van der Waals surface area contributed by atoms with Crippen molar-refractivity contribution < 1.29 is 4.74 Å². The van der Waals surface area contributed by atoms with Crippen molar-refractivity contribution in [3.63, 3.8) is 0 Å². The minimum absolute atomic E-state index is 0. The van der Waals surface area contributed by atoms with Crippen molar-refractivity contribution in [1.29, 1.82) is 0 Å². The van der Waals surface area contributed by atoms with Gasteiger partial charge in [-0.3, -0.25) is 0 Å². The van der Waals surface area contributed by atoms with Crippen LogP contribution in [0.5, 0.6) is 5.75 Å². The van der Waals surface area contributed by atoms with Gasteiger partial charge in [-0.15, -0.1) is 12.4 Å². The predicted molar refractivity (Wildman–Crippen MR) is 116 cm³/mol. The first kappa shape index (κ1) is 21.9. The van der Waals surface area contributed by atoms with E-state index >= 15 is 0 Å². The minimum atomic E-state index is 0. The first-order valence-electron chi connectivity index (χ1n) is 8.22. The fraction of sp³-hybridized carbons (Fsp3) is 0.143. The summed E-state index contributed by atoms with van der Waals surface area (Å²) in [5.74, 6) is 0.824. The lowest BCUT2D eigenvalue weighted by Gasteiger charge is -2.13. The Labute approximate surface area is 180 Å². The van der Waals surface area contributed by atoms with Crippen LogP contribution in [-0.2, 0) is 19.7 Å². The molecule has 3 aromatic carbocycles. The van der Waals surface area contributed by atoms with Crippen LogP contribution in [0, 0.1) is 0 Å². The Morgan fingerprint density at radius 3 is 2.11 bits per heavy atom. The smallest absolute Gasteiger partial charge is 0.124 e. The Balaban J connectivity index is 0.00000261. The van der Waals surface area contributed by atoms with Gasteiger partial charge >= 0.3 is 0 Å². The van der Waals surface area contributed by atoms with Crippen LogP contribution in [0.4, 0.5) is 0 Å². The molecule has 142 valence electrons. The third-order valence-electron chi connectivity index (χ3n) is 3.96. The van der Waals surface area contributed by atoms with Crippen LogP contribution >= 0.6 is 47.2 Å². The van der Waals surface area contributed by atoms with Gasteiger partial charge in [0.2, 0.25) is 0 Å². The molecule has 3 rings (SSSR count). The van der Waals surface area contributed by atoms with Crippen LogP contribution in [0.1, 0.15) is 16.7 Å². The van der Waals surface area contributed by atoms with E-state index in [2.05, 4.69) is 5.32 Å². The SMILES string of the molecule is Cl.Clc1ccc(COc2ccccc2CNCc2ccccc2Cl)c(Cl)c1. The topological polar surface area (TPSA) is 21.3 Å². The standard InChI is InChI=1S/C21H18Cl3NO.ClH/c22-18-10-9-17(20(24)11-18)14-26-21-8-4-2-6-16(21)13-25-12-15-5-1-3-7-19(15)23;/h1-11,25H,12-14H2;1H. The summed E-state index contributed by atoms with van der Waals surface area (Å²) in [6.07, 6.45) is 0. The predicted octanol–water partition coefficient (Wildman–Crippen LogP) is 6.94. The van der Waals surface area contributed by atoms with E-state index in [0.29, 0.717) is 29.7 Å². The van der Waals surface area contributed by atoms with Gasteiger partial charge < -0.3 is 10.1 Å². The number of hydrogen-bond acceptors (Lipinski definition) is 2. The first-order chi connectivity index (χ1) is 12.6. The molecule has 0 aliphatic rings. The molecule has 0 spiro atoms. The van der Waals surface area contributed by atoms with Gasteiger partial charge in [0.25, 0.3) is 0 Å².